The largest absolute Gasteiger partial charge is 0.497 e. The van der Waals surface area contributed by atoms with Gasteiger partial charge in [-0.2, -0.15) is 0 Å². The summed E-state index contributed by atoms with van der Waals surface area (Å²) >= 11 is 0. The number of hydrogen-bond acceptors (Lipinski definition) is 3. The van der Waals surface area contributed by atoms with Gasteiger partial charge in [-0.25, -0.2) is 0 Å². The summed E-state index contributed by atoms with van der Waals surface area (Å²) in [4.78, 5) is 0. The van der Waals surface area contributed by atoms with Crippen molar-refractivity contribution in [2.45, 2.75) is 25.3 Å². The van der Waals surface area contributed by atoms with Crippen molar-refractivity contribution in [2.24, 2.45) is 5.73 Å². The van der Waals surface area contributed by atoms with Crippen LogP contribution in [0.2, 0.25) is 0 Å². The molecule has 0 radical (unpaired) electrons. The van der Waals surface area contributed by atoms with E-state index in [1.54, 1.807) is 7.11 Å². The van der Waals surface area contributed by atoms with Crippen molar-refractivity contribution >= 4 is 0 Å². The van der Waals surface area contributed by atoms with Crippen molar-refractivity contribution in [3.05, 3.63) is 29.3 Å². The maximum Gasteiger partial charge on any atom is 0.119 e. The van der Waals surface area contributed by atoms with Crippen LogP contribution < -0.4 is 15.8 Å². The molecule has 1 aliphatic rings. The van der Waals surface area contributed by atoms with Crippen LogP contribution in [0.5, 0.6) is 5.75 Å². The predicted octanol–water partition coefficient (Wildman–Crippen LogP) is 1.41. The molecule has 0 saturated carbocycles. The molecule has 16 heavy (non-hydrogen) atoms. The van der Waals surface area contributed by atoms with E-state index in [1.807, 2.05) is 6.07 Å². The molecule has 0 unspecified atom stereocenters. The van der Waals surface area contributed by atoms with E-state index >= 15 is 0 Å². The molecule has 0 bridgehead atoms. The summed E-state index contributed by atoms with van der Waals surface area (Å²) in [7, 11) is 1.69. The second-order valence-electron chi connectivity index (χ2n) is 4.91. The first-order chi connectivity index (χ1) is 7.54. The lowest BCUT2D eigenvalue weighted by Gasteiger charge is -2.27. The highest BCUT2D eigenvalue weighted by molar-refractivity contribution is 5.39. The van der Waals surface area contributed by atoms with Gasteiger partial charge in [-0.1, -0.05) is 6.07 Å². The molecule has 0 aliphatic carbocycles. The minimum Gasteiger partial charge on any atom is -0.497 e. The number of rotatable bonds is 2. The van der Waals surface area contributed by atoms with Crippen molar-refractivity contribution in [1.82, 2.24) is 5.32 Å². The van der Waals surface area contributed by atoms with Gasteiger partial charge in [-0.3, -0.25) is 0 Å². The quantitative estimate of drug-likeness (QED) is 0.792. The second-order valence-corrected chi connectivity index (χ2v) is 4.91. The van der Waals surface area contributed by atoms with Gasteiger partial charge >= 0.3 is 0 Å². The maximum atomic E-state index is 6.30. The minimum atomic E-state index is -0.153. The fourth-order valence-corrected chi connectivity index (χ4v) is 2.47. The molecule has 2 atom stereocenters. The Balaban J connectivity index is 2.34. The molecular formula is C13H20N2O. The smallest absolute Gasteiger partial charge is 0.119 e. The zero-order valence-electron chi connectivity index (χ0n) is 10.2. The fourth-order valence-electron chi connectivity index (χ4n) is 2.47. The number of nitrogens with one attached hydrogen (secondary N) is 1. The van der Waals surface area contributed by atoms with E-state index < -0.39 is 0 Å². The van der Waals surface area contributed by atoms with Crippen LogP contribution in [0.15, 0.2) is 18.2 Å². The van der Waals surface area contributed by atoms with Gasteiger partial charge in [0, 0.05) is 24.5 Å². The highest BCUT2D eigenvalue weighted by atomic mass is 16.5. The third-order valence-electron chi connectivity index (χ3n) is 3.50. The molecule has 3 heteroatoms. The molecule has 3 nitrogen and oxygen atoms in total. The van der Waals surface area contributed by atoms with E-state index in [4.69, 9.17) is 10.5 Å². The van der Waals surface area contributed by atoms with Gasteiger partial charge < -0.3 is 15.8 Å². The molecule has 1 aromatic carbocycles. The molecule has 88 valence electrons. The van der Waals surface area contributed by atoms with Crippen LogP contribution in [0.3, 0.4) is 0 Å². The highest BCUT2D eigenvalue weighted by Gasteiger charge is 2.36. The summed E-state index contributed by atoms with van der Waals surface area (Å²) in [6.07, 6.45) is 0. The molecule has 2 rings (SSSR count). The van der Waals surface area contributed by atoms with Crippen molar-refractivity contribution in [3.8, 4) is 5.75 Å². The average molecular weight is 220 g/mol. The average Bonchev–Trinajstić information content (AvgIpc) is 2.58. The lowest BCUT2D eigenvalue weighted by atomic mass is 9.82. The first kappa shape index (κ1) is 11.4. The first-order valence-electron chi connectivity index (χ1n) is 5.69. The van der Waals surface area contributed by atoms with Crippen LogP contribution >= 0.6 is 0 Å². The van der Waals surface area contributed by atoms with E-state index in [-0.39, 0.29) is 5.54 Å². The summed E-state index contributed by atoms with van der Waals surface area (Å²) < 4.78 is 5.22. The highest BCUT2D eigenvalue weighted by Crippen LogP contribution is 2.32. The lowest BCUT2D eigenvalue weighted by Crippen LogP contribution is -2.43. The topological polar surface area (TPSA) is 47.3 Å². The van der Waals surface area contributed by atoms with Gasteiger partial charge in [0.1, 0.15) is 5.75 Å². The normalized spacial score (nSPS) is 29.4. The standard InChI is InChI=1S/C13H20N2O/c1-9-6-10(16-3)4-5-11(9)12-7-15-8-13(12,2)14/h4-6,12,15H,7-8,14H2,1-3H3/t12-,13+/m1/s1. The molecule has 1 saturated heterocycles. The Morgan fingerprint density at radius 3 is 2.75 bits per heavy atom. The maximum absolute atomic E-state index is 6.30. The number of nitrogens with two attached hydrogens (primary N) is 1. The molecule has 0 aromatic heterocycles. The van der Waals surface area contributed by atoms with E-state index in [1.165, 1.54) is 11.1 Å². The van der Waals surface area contributed by atoms with Crippen molar-refractivity contribution in [2.75, 3.05) is 20.2 Å². The number of aryl methyl sites for hydroxylation is 1. The van der Waals surface area contributed by atoms with E-state index in [0.29, 0.717) is 5.92 Å². The van der Waals surface area contributed by atoms with E-state index in [0.717, 1.165) is 18.8 Å². The number of hydrogen-bond donors (Lipinski definition) is 2. The molecule has 1 aromatic rings. The van der Waals surface area contributed by atoms with Crippen LogP contribution in [-0.2, 0) is 0 Å². The minimum absolute atomic E-state index is 0.153. The summed E-state index contributed by atoms with van der Waals surface area (Å²) in [6.45, 7) is 6.07. The molecule has 1 heterocycles. The van der Waals surface area contributed by atoms with Gasteiger partial charge in [0.25, 0.3) is 0 Å². The number of methoxy groups -OCH3 is 1. The van der Waals surface area contributed by atoms with Gasteiger partial charge in [0.2, 0.25) is 0 Å². The van der Waals surface area contributed by atoms with Gasteiger partial charge in [-0.05, 0) is 37.1 Å². The Labute approximate surface area is 97.0 Å². The molecule has 3 N–H and O–H groups in total. The Hall–Kier alpha value is -1.06. The van der Waals surface area contributed by atoms with Crippen LogP contribution in [0.4, 0.5) is 0 Å². The second kappa shape index (κ2) is 4.07. The summed E-state index contributed by atoms with van der Waals surface area (Å²) in [5.41, 5.74) is 8.73. The molecule has 0 spiro atoms. The van der Waals surface area contributed by atoms with Crippen molar-refractivity contribution in [1.29, 1.82) is 0 Å². The zero-order chi connectivity index (χ0) is 11.8. The van der Waals surface area contributed by atoms with Gasteiger partial charge in [0.05, 0.1) is 7.11 Å². The Kier molecular flexibility index (Phi) is 2.91. The van der Waals surface area contributed by atoms with Crippen molar-refractivity contribution in [3.63, 3.8) is 0 Å². The van der Waals surface area contributed by atoms with Crippen LogP contribution in [-0.4, -0.2) is 25.7 Å². The predicted molar refractivity (Wildman–Crippen MR) is 65.9 cm³/mol. The summed E-state index contributed by atoms with van der Waals surface area (Å²) in [6, 6.07) is 6.22. The Morgan fingerprint density at radius 1 is 1.50 bits per heavy atom. The van der Waals surface area contributed by atoms with Gasteiger partial charge in [0.15, 0.2) is 0 Å². The summed E-state index contributed by atoms with van der Waals surface area (Å²) in [5, 5.41) is 3.36. The van der Waals surface area contributed by atoms with E-state index in [9.17, 15) is 0 Å². The van der Waals surface area contributed by atoms with Crippen LogP contribution in [0, 0.1) is 6.92 Å². The third kappa shape index (κ3) is 1.93. The van der Waals surface area contributed by atoms with Crippen LogP contribution in [0.25, 0.3) is 0 Å². The summed E-state index contributed by atoms with van der Waals surface area (Å²) in [5.74, 6) is 1.30. The number of ether oxygens (including phenoxy) is 1. The molecule has 1 fully saturated rings. The van der Waals surface area contributed by atoms with Crippen molar-refractivity contribution < 1.29 is 4.74 Å². The fraction of sp³-hybridized carbons (Fsp3) is 0.538. The third-order valence-corrected chi connectivity index (χ3v) is 3.50. The van der Waals surface area contributed by atoms with Gasteiger partial charge in [-0.15, -0.1) is 0 Å². The first-order valence-corrected chi connectivity index (χ1v) is 5.69. The molecule has 1 aliphatic heterocycles. The zero-order valence-corrected chi connectivity index (χ0v) is 10.2. The molecular weight excluding hydrogens is 200 g/mol. The van der Waals surface area contributed by atoms with Crippen LogP contribution in [0.1, 0.15) is 24.0 Å². The van der Waals surface area contributed by atoms with E-state index in [2.05, 4.69) is 31.3 Å². The Bertz CT molecular complexity index is 388. The monoisotopic (exact) mass is 220 g/mol. The lowest BCUT2D eigenvalue weighted by molar-refractivity contribution is 0.413. The SMILES string of the molecule is COc1ccc([C@H]2CNC[C@]2(C)N)c(C)c1. The Morgan fingerprint density at radius 2 is 2.25 bits per heavy atom. The number of benzene rings is 1. The molecule has 0 amide bonds.